The number of carbonyl (C=O) groups is 1. The van der Waals surface area contributed by atoms with Crippen molar-refractivity contribution in [2.75, 3.05) is 6.61 Å². The summed E-state index contributed by atoms with van der Waals surface area (Å²) in [5.74, 6) is -0.749. The maximum absolute atomic E-state index is 13.7. The van der Waals surface area contributed by atoms with Gasteiger partial charge in [0.2, 0.25) is 0 Å². The van der Waals surface area contributed by atoms with E-state index >= 15 is 0 Å². The van der Waals surface area contributed by atoms with Crippen LogP contribution in [-0.2, 0) is 6.42 Å². The van der Waals surface area contributed by atoms with Gasteiger partial charge >= 0.3 is 0 Å². The molecule has 3 rings (SSSR count). The lowest BCUT2D eigenvalue weighted by Crippen LogP contribution is -2.05. The van der Waals surface area contributed by atoms with Crippen molar-refractivity contribution in [3.05, 3.63) is 64.7 Å². The number of ketones is 1. The van der Waals surface area contributed by atoms with Crippen LogP contribution in [0.25, 0.3) is 6.08 Å². The summed E-state index contributed by atoms with van der Waals surface area (Å²) in [7, 11) is 0. The van der Waals surface area contributed by atoms with Gasteiger partial charge in [-0.2, -0.15) is 0 Å². The lowest BCUT2D eigenvalue weighted by molar-refractivity contribution is 0.104. The molecule has 0 bridgehead atoms. The second kappa shape index (κ2) is 7.05. The summed E-state index contributed by atoms with van der Waals surface area (Å²) in [5.41, 5.74) is 1.55. The second-order valence-electron chi connectivity index (χ2n) is 5.89. The number of carbonyl (C=O) groups excluding carboxylic acids is 1. The number of benzene rings is 2. The fraction of sp³-hybridized carbons (Fsp3) is 0.250. The first-order valence-corrected chi connectivity index (χ1v) is 8.11. The standard InChI is InChI=1S/C20H18F2O3/c1-3-24-19-10-14-8-12(2)25-20(14)9-13(19)4-7-18(23)16-6-5-15(21)11-17(16)22/h4-7,9-12H,3,8H2,1-2H3/b7-4+/t12-/m0/s1. The van der Waals surface area contributed by atoms with Gasteiger partial charge in [0.15, 0.2) is 5.78 Å². The first-order valence-electron chi connectivity index (χ1n) is 8.11. The van der Waals surface area contributed by atoms with Gasteiger partial charge in [0.05, 0.1) is 12.2 Å². The zero-order valence-electron chi connectivity index (χ0n) is 14.0. The Bertz CT molecular complexity index is 843. The highest BCUT2D eigenvalue weighted by Crippen LogP contribution is 2.35. The van der Waals surface area contributed by atoms with Crippen molar-refractivity contribution in [1.82, 2.24) is 0 Å². The summed E-state index contributed by atoms with van der Waals surface area (Å²) >= 11 is 0. The van der Waals surface area contributed by atoms with Crippen molar-refractivity contribution in [3.63, 3.8) is 0 Å². The van der Waals surface area contributed by atoms with E-state index in [0.717, 1.165) is 29.9 Å². The summed E-state index contributed by atoms with van der Waals surface area (Å²) in [6, 6.07) is 6.60. The largest absolute Gasteiger partial charge is 0.493 e. The molecule has 0 spiro atoms. The Kier molecular flexibility index (Phi) is 4.83. The predicted octanol–water partition coefficient (Wildman–Crippen LogP) is 4.58. The maximum atomic E-state index is 13.7. The molecule has 0 radical (unpaired) electrons. The van der Waals surface area contributed by atoms with Gasteiger partial charge < -0.3 is 9.47 Å². The first kappa shape index (κ1) is 17.1. The highest BCUT2D eigenvalue weighted by atomic mass is 19.1. The summed E-state index contributed by atoms with van der Waals surface area (Å²) < 4.78 is 38.0. The summed E-state index contributed by atoms with van der Waals surface area (Å²) in [5, 5.41) is 0. The summed E-state index contributed by atoms with van der Waals surface area (Å²) in [6.07, 6.45) is 3.71. The smallest absolute Gasteiger partial charge is 0.188 e. The van der Waals surface area contributed by atoms with Crippen LogP contribution in [-0.4, -0.2) is 18.5 Å². The molecule has 0 unspecified atom stereocenters. The zero-order valence-corrected chi connectivity index (χ0v) is 14.0. The molecule has 0 aromatic heterocycles. The Hall–Kier alpha value is -2.69. The number of allylic oxidation sites excluding steroid dienone is 1. The molecule has 0 N–H and O–H groups in total. The van der Waals surface area contributed by atoms with E-state index in [1.165, 1.54) is 6.08 Å². The maximum Gasteiger partial charge on any atom is 0.188 e. The third-order valence-electron chi connectivity index (χ3n) is 3.94. The highest BCUT2D eigenvalue weighted by Gasteiger charge is 2.21. The summed E-state index contributed by atoms with van der Waals surface area (Å²) in [6.45, 7) is 4.34. The average Bonchev–Trinajstić information content (AvgIpc) is 2.91. The minimum Gasteiger partial charge on any atom is -0.493 e. The van der Waals surface area contributed by atoms with Crippen LogP contribution >= 0.6 is 0 Å². The molecule has 3 nitrogen and oxygen atoms in total. The topological polar surface area (TPSA) is 35.5 Å². The Balaban J connectivity index is 1.90. The second-order valence-corrected chi connectivity index (χ2v) is 5.89. The Morgan fingerprint density at radius 1 is 1.32 bits per heavy atom. The van der Waals surface area contributed by atoms with Crippen molar-refractivity contribution >= 4 is 11.9 Å². The average molecular weight is 344 g/mol. The zero-order chi connectivity index (χ0) is 18.0. The van der Waals surface area contributed by atoms with E-state index in [-0.39, 0.29) is 11.7 Å². The lowest BCUT2D eigenvalue weighted by atomic mass is 10.0. The van der Waals surface area contributed by atoms with Crippen LogP contribution in [0.1, 0.15) is 35.3 Å². The molecule has 0 saturated heterocycles. The highest BCUT2D eigenvalue weighted by molar-refractivity contribution is 6.07. The van der Waals surface area contributed by atoms with Crippen molar-refractivity contribution in [2.45, 2.75) is 26.4 Å². The van der Waals surface area contributed by atoms with Crippen molar-refractivity contribution in [2.24, 2.45) is 0 Å². The molecule has 2 aromatic rings. The molecule has 1 aliphatic rings. The number of ether oxygens (including phenoxy) is 2. The third-order valence-corrected chi connectivity index (χ3v) is 3.94. The van der Waals surface area contributed by atoms with Crippen molar-refractivity contribution < 1.29 is 23.0 Å². The molecule has 130 valence electrons. The van der Waals surface area contributed by atoms with Crippen LogP contribution in [0, 0.1) is 11.6 Å². The lowest BCUT2D eigenvalue weighted by Gasteiger charge is -2.10. The number of halogens is 2. The molecule has 0 aliphatic carbocycles. The van der Waals surface area contributed by atoms with E-state index < -0.39 is 17.4 Å². The molecule has 2 aromatic carbocycles. The van der Waals surface area contributed by atoms with Crippen LogP contribution in [0.3, 0.4) is 0 Å². The Morgan fingerprint density at radius 3 is 2.84 bits per heavy atom. The minimum atomic E-state index is -0.884. The van der Waals surface area contributed by atoms with Gasteiger partial charge in [-0.3, -0.25) is 4.79 Å². The van der Waals surface area contributed by atoms with Crippen molar-refractivity contribution in [3.8, 4) is 11.5 Å². The molecule has 1 aliphatic heterocycles. The molecule has 1 atom stereocenters. The number of rotatable bonds is 5. The SMILES string of the molecule is CCOc1cc2c(cc1/C=C/C(=O)c1ccc(F)cc1F)O[C@@H](C)C2. The number of hydrogen-bond acceptors (Lipinski definition) is 3. The molecule has 0 amide bonds. The monoisotopic (exact) mass is 344 g/mol. The van der Waals surface area contributed by atoms with Crippen LogP contribution < -0.4 is 9.47 Å². The summed E-state index contributed by atoms with van der Waals surface area (Å²) in [4.78, 5) is 12.2. The molecular formula is C20H18F2O3. The van der Waals surface area contributed by atoms with Crippen LogP contribution in [0.4, 0.5) is 8.78 Å². The quantitative estimate of drug-likeness (QED) is 0.588. The van der Waals surface area contributed by atoms with Gasteiger partial charge in [0, 0.05) is 23.6 Å². The molecule has 25 heavy (non-hydrogen) atoms. The number of hydrogen-bond donors (Lipinski definition) is 0. The van der Waals surface area contributed by atoms with Gasteiger partial charge in [-0.1, -0.05) is 0 Å². The molecule has 1 heterocycles. The van der Waals surface area contributed by atoms with Crippen molar-refractivity contribution in [1.29, 1.82) is 0 Å². The van der Waals surface area contributed by atoms with Crippen LogP contribution in [0.15, 0.2) is 36.4 Å². The Morgan fingerprint density at radius 2 is 2.12 bits per heavy atom. The van der Waals surface area contributed by atoms with Gasteiger partial charge in [0.25, 0.3) is 0 Å². The van der Waals surface area contributed by atoms with Gasteiger partial charge in [-0.15, -0.1) is 0 Å². The van der Waals surface area contributed by atoms with Gasteiger partial charge in [-0.05, 0) is 50.3 Å². The molecule has 5 heteroatoms. The number of fused-ring (bicyclic) bond motifs is 1. The van der Waals surface area contributed by atoms with E-state index in [0.29, 0.717) is 24.0 Å². The normalized spacial score (nSPS) is 15.9. The predicted molar refractivity (Wildman–Crippen MR) is 91.1 cm³/mol. The molecule has 0 saturated carbocycles. The van der Waals surface area contributed by atoms with E-state index in [1.807, 2.05) is 26.0 Å². The fourth-order valence-corrected chi connectivity index (χ4v) is 2.81. The van der Waals surface area contributed by atoms with Gasteiger partial charge in [-0.25, -0.2) is 8.78 Å². The molecule has 0 fully saturated rings. The molecular weight excluding hydrogens is 326 g/mol. The Labute approximate surface area is 144 Å². The first-order chi connectivity index (χ1) is 12.0. The van der Waals surface area contributed by atoms with Gasteiger partial charge in [0.1, 0.15) is 29.2 Å². The van der Waals surface area contributed by atoms with E-state index in [4.69, 9.17) is 9.47 Å². The van der Waals surface area contributed by atoms with E-state index in [2.05, 4.69) is 0 Å². The minimum absolute atomic E-state index is 0.0960. The third kappa shape index (κ3) is 3.71. The van der Waals surface area contributed by atoms with E-state index in [9.17, 15) is 13.6 Å². The van der Waals surface area contributed by atoms with E-state index in [1.54, 1.807) is 6.08 Å². The van der Waals surface area contributed by atoms with Crippen LogP contribution in [0.2, 0.25) is 0 Å². The fourth-order valence-electron chi connectivity index (χ4n) is 2.81. The van der Waals surface area contributed by atoms with Crippen LogP contribution in [0.5, 0.6) is 11.5 Å².